The van der Waals surface area contributed by atoms with Crippen LogP contribution in [-0.2, 0) is 11.2 Å². The Morgan fingerprint density at radius 1 is 1.36 bits per heavy atom. The number of rotatable bonds is 5. The van der Waals surface area contributed by atoms with Crippen molar-refractivity contribution in [2.45, 2.75) is 31.7 Å². The third-order valence-corrected chi connectivity index (χ3v) is 5.48. The van der Waals surface area contributed by atoms with Gasteiger partial charge in [0.15, 0.2) is 5.78 Å². The number of hydrogen-bond acceptors (Lipinski definition) is 6. The van der Waals surface area contributed by atoms with Crippen molar-refractivity contribution in [3.8, 4) is 11.8 Å². The number of thioether (sulfide) groups is 1. The van der Waals surface area contributed by atoms with E-state index in [0.717, 1.165) is 0 Å². The van der Waals surface area contributed by atoms with Crippen molar-refractivity contribution < 1.29 is 14.3 Å². The molecule has 0 unspecified atom stereocenters. The minimum absolute atomic E-state index is 0.0146. The number of pyridine rings is 1. The van der Waals surface area contributed by atoms with E-state index in [1.165, 1.54) is 11.8 Å². The normalized spacial score (nSPS) is 14.7. The topological polar surface area (TPSA) is 92.1 Å². The van der Waals surface area contributed by atoms with Gasteiger partial charge in [-0.15, -0.1) is 0 Å². The van der Waals surface area contributed by atoms with Gasteiger partial charge in [0.2, 0.25) is 5.91 Å². The third-order valence-electron chi connectivity index (χ3n) is 4.49. The number of ether oxygens (including phenoxy) is 1. The maximum Gasteiger partial charge on any atom is 0.234 e. The lowest BCUT2D eigenvalue weighted by Crippen LogP contribution is -2.28. The average molecular weight is 395 g/mol. The Hall–Kier alpha value is -2.85. The lowest BCUT2D eigenvalue weighted by atomic mass is 9.75. The average Bonchev–Trinajstić information content (AvgIpc) is 2.65. The number of nitrogens with zero attached hydrogens (tertiary/aromatic N) is 2. The number of nitriles is 1. The molecule has 0 atom stereocenters. The van der Waals surface area contributed by atoms with Crippen molar-refractivity contribution >= 4 is 29.1 Å². The van der Waals surface area contributed by atoms with Gasteiger partial charge in [-0.25, -0.2) is 4.98 Å². The van der Waals surface area contributed by atoms with Gasteiger partial charge in [-0.1, -0.05) is 37.7 Å². The molecule has 1 aliphatic carbocycles. The van der Waals surface area contributed by atoms with Gasteiger partial charge >= 0.3 is 0 Å². The molecule has 28 heavy (non-hydrogen) atoms. The van der Waals surface area contributed by atoms with Gasteiger partial charge in [0.25, 0.3) is 0 Å². The van der Waals surface area contributed by atoms with Crippen molar-refractivity contribution in [3.05, 3.63) is 47.2 Å². The van der Waals surface area contributed by atoms with Crippen LogP contribution >= 0.6 is 11.8 Å². The number of ketones is 1. The second-order valence-electron chi connectivity index (χ2n) is 7.43. The number of benzene rings is 1. The third kappa shape index (κ3) is 4.34. The minimum Gasteiger partial charge on any atom is -0.495 e. The maximum atomic E-state index is 12.4. The van der Waals surface area contributed by atoms with Crippen molar-refractivity contribution in [2.75, 3.05) is 18.2 Å². The smallest absolute Gasteiger partial charge is 0.234 e. The first-order valence-electron chi connectivity index (χ1n) is 8.86. The molecule has 1 aromatic heterocycles. The van der Waals surface area contributed by atoms with E-state index >= 15 is 0 Å². The Balaban J connectivity index is 1.76. The van der Waals surface area contributed by atoms with E-state index in [1.807, 2.05) is 26.0 Å². The number of fused-ring (bicyclic) bond motifs is 1. The summed E-state index contributed by atoms with van der Waals surface area (Å²) in [6.07, 6.45) is 1.11. The predicted molar refractivity (Wildman–Crippen MR) is 108 cm³/mol. The van der Waals surface area contributed by atoms with Crippen molar-refractivity contribution in [1.29, 1.82) is 5.26 Å². The summed E-state index contributed by atoms with van der Waals surface area (Å²) in [5.41, 5.74) is 1.98. The zero-order valence-electron chi connectivity index (χ0n) is 16.0. The van der Waals surface area contributed by atoms with Crippen LogP contribution in [0.4, 0.5) is 5.69 Å². The first-order chi connectivity index (χ1) is 13.3. The Morgan fingerprint density at radius 3 is 2.82 bits per heavy atom. The molecule has 1 N–H and O–H groups in total. The molecule has 3 rings (SSSR count). The maximum absolute atomic E-state index is 12.4. The number of aromatic nitrogens is 1. The molecule has 2 aromatic rings. The summed E-state index contributed by atoms with van der Waals surface area (Å²) in [6.45, 7) is 4.06. The fraction of sp³-hybridized carbons (Fsp3) is 0.333. The quantitative estimate of drug-likeness (QED) is 0.773. The monoisotopic (exact) mass is 395 g/mol. The first kappa shape index (κ1) is 19.9. The Bertz CT molecular complexity index is 979. The lowest BCUT2D eigenvalue weighted by molar-refractivity contribution is -0.113. The lowest BCUT2D eigenvalue weighted by Gasteiger charge is -2.29. The number of para-hydroxylation sites is 2. The van der Waals surface area contributed by atoms with Gasteiger partial charge in [-0.3, -0.25) is 9.59 Å². The summed E-state index contributed by atoms with van der Waals surface area (Å²) in [7, 11) is 1.54. The second kappa shape index (κ2) is 8.03. The van der Waals surface area contributed by atoms with Crippen LogP contribution in [0.15, 0.2) is 35.4 Å². The van der Waals surface area contributed by atoms with E-state index in [2.05, 4.69) is 16.4 Å². The van der Waals surface area contributed by atoms with Crippen molar-refractivity contribution in [1.82, 2.24) is 4.98 Å². The standard InChI is InChI=1S/C21H21N3O3S/c1-21(2)9-16-14(17(25)10-21)8-13(11-22)20(24-16)28-12-19(26)23-15-6-4-5-7-18(15)27-3/h4-8H,9-10,12H2,1-3H3,(H,23,26). The summed E-state index contributed by atoms with van der Waals surface area (Å²) >= 11 is 1.19. The van der Waals surface area contributed by atoms with E-state index in [1.54, 1.807) is 25.3 Å². The van der Waals surface area contributed by atoms with E-state index in [0.29, 0.717) is 46.1 Å². The molecular weight excluding hydrogens is 374 g/mol. The van der Waals surface area contributed by atoms with Gasteiger partial charge in [-0.2, -0.15) is 5.26 Å². The van der Waals surface area contributed by atoms with Gasteiger partial charge in [0, 0.05) is 12.0 Å². The zero-order chi connectivity index (χ0) is 20.3. The summed E-state index contributed by atoms with van der Waals surface area (Å²) in [6, 6.07) is 10.9. The summed E-state index contributed by atoms with van der Waals surface area (Å²) in [5.74, 6) is 0.455. The highest BCUT2D eigenvalue weighted by Gasteiger charge is 2.32. The summed E-state index contributed by atoms with van der Waals surface area (Å²) in [4.78, 5) is 29.3. The van der Waals surface area contributed by atoms with Crippen LogP contribution in [-0.4, -0.2) is 29.5 Å². The Kier molecular flexibility index (Phi) is 5.71. The highest BCUT2D eigenvalue weighted by atomic mass is 32.2. The van der Waals surface area contributed by atoms with Gasteiger partial charge < -0.3 is 10.1 Å². The van der Waals surface area contributed by atoms with Crippen LogP contribution in [0, 0.1) is 16.7 Å². The number of carbonyl (C=O) groups is 2. The van der Waals surface area contributed by atoms with Gasteiger partial charge in [-0.05, 0) is 30.0 Å². The zero-order valence-corrected chi connectivity index (χ0v) is 16.9. The van der Waals surface area contributed by atoms with Crippen LogP contribution in [0.2, 0.25) is 0 Å². The highest BCUT2D eigenvalue weighted by Crippen LogP contribution is 2.36. The number of hydrogen-bond donors (Lipinski definition) is 1. The SMILES string of the molecule is COc1ccccc1NC(=O)CSc1nc2c(cc1C#N)C(=O)CC(C)(C)C2. The fourth-order valence-corrected chi connectivity index (χ4v) is 3.99. The molecule has 7 heteroatoms. The molecule has 1 amide bonds. The second-order valence-corrected chi connectivity index (χ2v) is 8.39. The molecular formula is C21H21N3O3S. The fourth-order valence-electron chi connectivity index (χ4n) is 3.21. The molecule has 0 bridgehead atoms. The summed E-state index contributed by atoms with van der Waals surface area (Å²) in [5, 5.41) is 12.7. The Morgan fingerprint density at radius 2 is 2.11 bits per heavy atom. The summed E-state index contributed by atoms with van der Waals surface area (Å²) < 4.78 is 5.23. The molecule has 0 fully saturated rings. The number of carbonyl (C=O) groups excluding carboxylic acids is 2. The predicted octanol–water partition coefficient (Wildman–Crippen LogP) is 3.85. The minimum atomic E-state index is -0.227. The molecule has 1 aliphatic rings. The van der Waals surface area contributed by atoms with Crippen LogP contribution in [0.1, 0.15) is 41.9 Å². The molecule has 0 saturated heterocycles. The van der Waals surface area contributed by atoms with Crippen LogP contribution in [0.3, 0.4) is 0 Å². The molecule has 0 radical (unpaired) electrons. The van der Waals surface area contributed by atoms with E-state index in [-0.39, 0.29) is 22.9 Å². The van der Waals surface area contributed by atoms with Crippen LogP contribution in [0.25, 0.3) is 0 Å². The number of Topliss-reactive ketones (excluding diaryl/α,β-unsaturated/α-hetero) is 1. The van der Waals surface area contributed by atoms with Crippen LogP contribution in [0.5, 0.6) is 5.75 Å². The number of nitrogens with one attached hydrogen (secondary N) is 1. The highest BCUT2D eigenvalue weighted by molar-refractivity contribution is 8.00. The van der Waals surface area contributed by atoms with Gasteiger partial charge in [0.05, 0.1) is 29.8 Å². The van der Waals surface area contributed by atoms with E-state index in [4.69, 9.17) is 4.74 Å². The van der Waals surface area contributed by atoms with Gasteiger partial charge in [0.1, 0.15) is 16.8 Å². The molecule has 0 saturated carbocycles. The molecule has 1 aromatic carbocycles. The molecule has 0 spiro atoms. The first-order valence-corrected chi connectivity index (χ1v) is 9.84. The Labute approximate surface area is 168 Å². The largest absolute Gasteiger partial charge is 0.495 e. The van der Waals surface area contributed by atoms with Crippen molar-refractivity contribution in [2.24, 2.45) is 5.41 Å². The molecule has 144 valence electrons. The molecule has 1 heterocycles. The molecule has 0 aliphatic heterocycles. The van der Waals surface area contributed by atoms with Crippen molar-refractivity contribution in [3.63, 3.8) is 0 Å². The number of anilines is 1. The van der Waals surface area contributed by atoms with E-state index < -0.39 is 0 Å². The molecule has 6 nitrogen and oxygen atoms in total. The van der Waals surface area contributed by atoms with E-state index in [9.17, 15) is 14.9 Å². The van der Waals surface area contributed by atoms with Crippen LogP contribution < -0.4 is 10.1 Å². The number of methoxy groups -OCH3 is 1. The number of amides is 1.